The second-order valence-electron chi connectivity index (χ2n) is 1.46. The molecule has 0 atom stereocenters. The second-order valence-corrected chi connectivity index (χ2v) is 2.37. The van der Waals surface area contributed by atoms with Gasteiger partial charge in [-0.1, -0.05) is 6.07 Å². The van der Waals surface area contributed by atoms with Crippen LogP contribution in [0.1, 0.15) is 0 Å². The topological polar surface area (TPSA) is 49.9 Å². The van der Waals surface area contributed by atoms with Crippen molar-refractivity contribution in [2.45, 2.75) is 0 Å². The summed E-state index contributed by atoms with van der Waals surface area (Å²) < 4.78 is 20.5. The van der Waals surface area contributed by atoms with E-state index in [0.29, 0.717) is 0 Å². The number of H-pyrrole nitrogens is 1. The monoisotopic (exact) mass is 143 g/mol. The molecule has 1 aromatic heterocycles. The Balaban J connectivity index is 3.67. The molecule has 48 valence electrons. The minimum Gasteiger partial charge on any atom is -0.349 e. The lowest BCUT2D eigenvalue weighted by Crippen LogP contribution is -1.72. The first kappa shape index (κ1) is 6.10. The fraction of sp³-hybridized carbons (Fsp3) is 0. The normalized spacial score (nSPS) is 8.89. The summed E-state index contributed by atoms with van der Waals surface area (Å²) in [5.74, 6) is 0. The lowest BCUT2D eigenvalue weighted by molar-refractivity contribution is 0.624. The van der Waals surface area contributed by atoms with Crippen molar-refractivity contribution >= 4 is 10.3 Å². The molecule has 0 aliphatic heterocycles. The maximum absolute atomic E-state index is 10.2. The van der Waals surface area contributed by atoms with Gasteiger partial charge in [0.25, 0.3) is 0 Å². The van der Waals surface area contributed by atoms with Gasteiger partial charge in [-0.25, -0.2) is 0 Å². The molecule has 0 saturated heterocycles. The molecule has 1 heterocycles. The molecule has 1 aromatic rings. The Labute approximate surface area is 53.5 Å². The summed E-state index contributed by atoms with van der Waals surface area (Å²) in [5, 5.41) is 0. The molecule has 0 aliphatic rings. The SMILES string of the molecule is O=S(=O)=c1cccc[nH]1. The van der Waals surface area contributed by atoms with Gasteiger partial charge >= 0.3 is 0 Å². The van der Waals surface area contributed by atoms with Gasteiger partial charge < -0.3 is 4.98 Å². The Morgan fingerprint density at radius 3 is 2.44 bits per heavy atom. The molecule has 9 heavy (non-hydrogen) atoms. The van der Waals surface area contributed by atoms with E-state index in [-0.39, 0.29) is 4.64 Å². The molecule has 0 bridgehead atoms. The largest absolute Gasteiger partial charge is 0.349 e. The third-order valence-corrected chi connectivity index (χ3v) is 1.47. The van der Waals surface area contributed by atoms with Crippen LogP contribution in [0, 0.1) is 4.64 Å². The Morgan fingerprint density at radius 2 is 2.11 bits per heavy atom. The molecule has 0 amide bonds. The maximum Gasteiger partial charge on any atom is 0.238 e. The average molecular weight is 143 g/mol. The van der Waals surface area contributed by atoms with Crippen LogP contribution in [-0.2, 0) is 10.3 Å². The molecule has 0 spiro atoms. The van der Waals surface area contributed by atoms with E-state index in [1.165, 1.54) is 6.07 Å². The third kappa shape index (κ3) is 1.43. The Kier molecular flexibility index (Phi) is 1.69. The van der Waals surface area contributed by atoms with Crippen LogP contribution in [0.15, 0.2) is 24.4 Å². The smallest absolute Gasteiger partial charge is 0.238 e. The van der Waals surface area contributed by atoms with Gasteiger partial charge in [-0.2, -0.15) is 8.42 Å². The zero-order valence-electron chi connectivity index (χ0n) is 4.53. The molecule has 3 nitrogen and oxygen atoms in total. The number of hydrogen-bond donors (Lipinski definition) is 1. The van der Waals surface area contributed by atoms with Crippen LogP contribution in [0.4, 0.5) is 0 Å². The molecule has 0 saturated carbocycles. The highest BCUT2D eigenvalue weighted by molar-refractivity contribution is 7.63. The van der Waals surface area contributed by atoms with E-state index < -0.39 is 10.3 Å². The molecule has 1 rings (SSSR count). The highest BCUT2D eigenvalue weighted by Crippen LogP contribution is 1.79. The van der Waals surface area contributed by atoms with Crippen LogP contribution < -0.4 is 0 Å². The first-order chi connectivity index (χ1) is 4.30. The van der Waals surface area contributed by atoms with Crippen molar-refractivity contribution in [3.63, 3.8) is 0 Å². The Bertz CT molecular complexity index is 324. The van der Waals surface area contributed by atoms with Gasteiger partial charge in [0, 0.05) is 6.20 Å². The summed E-state index contributed by atoms with van der Waals surface area (Å²) in [6.45, 7) is 0. The van der Waals surface area contributed by atoms with Crippen LogP contribution in [0.25, 0.3) is 0 Å². The summed E-state index contributed by atoms with van der Waals surface area (Å²) in [6.07, 6.45) is 1.56. The first-order valence-electron chi connectivity index (χ1n) is 2.36. The van der Waals surface area contributed by atoms with E-state index in [2.05, 4.69) is 4.98 Å². The lowest BCUT2D eigenvalue weighted by Gasteiger charge is -1.76. The molecule has 4 heteroatoms. The van der Waals surface area contributed by atoms with Crippen molar-refractivity contribution in [1.82, 2.24) is 4.98 Å². The minimum atomic E-state index is -2.13. The van der Waals surface area contributed by atoms with Crippen LogP contribution in [0.5, 0.6) is 0 Å². The quantitative estimate of drug-likeness (QED) is 0.535. The van der Waals surface area contributed by atoms with Crippen molar-refractivity contribution in [1.29, 1.82) is 0 Å². The number of rotatable bonds is 0. The highest BCUT2D eigenvalue weighted by Gasteiger charge is 1.74. The van der Waals surface area contributed by atoms with E-state index in [9.17, 15) is 8.42 Å². The molecular formula is C5H5NO2S. The van der Waals surface area contributed by atoms with E-state index in [4.69, 9.17) is 0 Å². The fourth-order valence-corrected chi connectivity index (χ4v) is 0.834. The number of hydrogen-bond acceptors (Lipinski definition) is 2. The molecule has 0 fully saturated rings. The van der Waals surface area contributed by atoms with Crippen molar-refractivity contribution in [3.05, 3.63) is 29.0 Å². The van der Waals surface area contributed by atoms with Gasteiger partial charge in [0.05, 0.1) is 0 Å². The highest BCUT2D eigenvalue weighted by atomic mass is 32.2. The van der Waals surface area contributed by atoms with Crippen molar-refractivity contribution in [2.24, 2.45) is 0 Å². The van der Waals surface area contributed by atoms with Crippen molar-refractivity contribution in [2.75, 3.05) is 0 Å². The molecule has 0 aliphatic carbocycles. The summed E-state index contributed by atoms with van der Waals surface area (Å²) in [5.41, 5.74) is 0. The van der Waals surface area contributed by atoms with Gasteiger partial charge in [-0.15, -0.1) is 0 Å². The van der Waals surface area contributed by atoms with Crippen LogP contribution in [0.3, 0.4) is 0 Å². The van der Waals surface area contributed by atoms with E-state index in [0.717, 1.165) is 0 Å². The predicted molar refractivity (Wildman–Crippen MR) is 33.0 cm³/mol. The first-order valence-corrected chi connectivity index (χ1v) is 3.44. The summed E-state index contributed by atoms with van der Waals surface area (Å²) in [6, 6.07) is 4.86. The molecule has 1 N–H and O–H groups in total. The maximum atomic E-state index is 10.2. The van der Waals surface area contributed by atoms with E-state index in [1.807, 2.05) is 0 Å². The third-order valence-electron chi connectivity index (χ3n) is 0.860. The average Bonchev–Trinajstić information content (AvgIpc) is 1.90. The van der Waals surface area contributed by atoms with Gasteiger partial charge in [-0.3, -0.25) is 0 Å². The van der Waals surface area contributed by atoms with Gasteiger partial charge in [-0.05, 0) is 12.1 Å². The molecule has 0 unspecified atom stereocenters. The number of nitrogens with one attached hydrogen (secondary N) is 1. The van der Waals surface area contributed by atoms with Crippen LogP contribution in [0.2, 0.25) is 0 Å². The van der Waals surface area contributed by atoms with Gasteiger partial charge in [0.15, 0.2) is 4.64 Å². The number of aromatic nitrogens is 1. The van der Waals surface area contributed by atoms with Crippen LogP contribution >= 0.6 is 0 Å². The zero-order chi connectivity index (χ0) is 6.69. The zero-order valence-corrected chi connectivity index (χ0v) is 5.35. The molecular weight excluding hydrogens is 138 g/mol. The summed E-state index contributed by atoms with van der Waals surface area (Å²) in [7, 11) is -2.13. The Hall–Kier alpha value is -1.03. The Morgan fingerprint density at radius 1 is 1.33 bits per heavy atom. The summed E-state index contributed by atoms with van der Waals surface area (Å²) in [4.78, 5) is 2.56. The standard InChI is InChI=1S/C5H5NO2S/c7-9(8)5-3-1-2-4-6-5/h1-4,6H. The van der Waals surface area contributed by atoms with E-state index >= 15 is 0 Å². The van der Waals surface area contributed by atoms with Crippen molar-refractivity contribution in [3.8, 4) is 0 Å². The molecule has 0 radical (unpaired) electrons. The molecule has 0 aromatic carbocycles. The number of aromatic amines is 1. The lowest BCUT2D eigenvalue weighted by atomic mass is 10.5. The minimum absolute atomic E-state index is 0.206. The van der Waals surface area contributed by atoms with Gasteiger partial charge in [0.1, 0.15) is 0 Å². The summed E-state index contributed by atoms with van der Waals surface area (Å²) >= 11 is 0. The second kappa shape index (κ2) is 2.50. The predicted octanol–water partition coefficient (Wildman–Crippen LogP) is 0.426. The number of pyridine rings is 1. The fourth-order valence-electron chi connectivity index (χ4n) is 0.481. The van der Waals surface area contributed by atoms with Gasteiger partial charge in [0.2, 0.25) is 10.3 Å². The van der Waals surface area contributed by atoms with Crippen molar-refractivity contribution < 1.29 is 8.42 Å². The van der Waals surface area contributed by atoms with Crippen LogP contribution in [-0.4, -0.2) is 13.4 Å². The van der Waals surface area contributed by atoms with E-state index in [1.54, 1.807) is 18.3 Å².